The third kappa shape index (κ3) is 2.57. The van der Waals surface area contributed by atoms with Gasteiger partial charge < -0.3 is 5.32 Å². The Morgan fingerprint density at radius 1 is 1.35 bits per heavy atom. The van der Waals surface area contributed by atoms with Gasteiger partial charge in [0.25, 0.3) is 5.91 Å². The fourth-order valence-corrected chi connectivity index (χ4v) is 1.46. The van der Waals surface area contributed by atoms with Crippen molar-refractivity contribution in [3.05, 3.63) is 48.5 Å². The number of benzene rings is 1. The second kappa shape index (κ2) is 4.61. The summed E-state index contributed by atoms with van der Waals surface area (Å²) in [6.45, 7) is 1.42. The number of imidazole rings is 1. The van der Waals surface area contributed by atoms with Gasteiger partial charge in [0.15, 0.2) is 0 Å². The smallest absolute Gasteiger partial charge is 0.263 e. The Bertz CT molecular complexity index is 547. The molecular formula is C12H11N3O2. The first-order valence-electron chi connectivity index (χ1n) is 5.07. The van der Waals surface area contributed by atoms with E-state index in [4.69, 9.17) is 0 Å². The molecule has 1 heterocycles. The lowest BCUT2D eigenvalue weighted by Crippen LogP contribution is -2.11. The summed E-state index contributed by atoms with van der Waals surface area (Å²) < 4.78 is 1.38. The Kier molecular flexibility index (Phi) is 3.00. The molecule has 0 fully saturated rings. The average Bonchev–Trinajstić information content (AvgIpc) is 2.81. The van der Waals surface area contributed by atoms with Crippen molar-refractivity contribution in [2.45, 2.75) is 6.92 Å². The highest BCUT2D eigenvalue weighted by atomic mass is 16.2. The molecule has 0 radical (unpaired) electrons. The molecule has 5 nitrogen and oxygen atoms in total. The monoisotopic (exact) mass is 229 g/mol. The van der Waals surface area contributed by atoms with E-state index >= 15 is 0 Å². The molecule has 0 saturated heterocycles. The van der Waals surface area contributed by atoms with Crippen molar-refractivity contribution in [3.8, 4) is 0 Å². The number of hydrogen-bond acceptors (Lipinski definition) is 3. The Morgan fingerprint density at radius 3 is 2.82 bits per heavy atom. The molecule has 5 heteroatoms. The number of carbonyl (C=O) groups is 2. The van der Waals surface area contributed by atoms with Gasteiger partial charge in [0.2, 0.25) is 5.91 Å². The minimum absolute atomic E-state index is 0.169. The normalized spacial score (nSPS) is 9.94. The highest BCUT2D eigenvalue weighted by Gasteiger charge is 2.08. The van der Waals surface area contributed by atoms with Gasteiger partial charge in [-0.15, -0.1) is 0 Å². The number of carbonyl (C=O) groups excluding carboxylic acids is 2. The lowest BCUT2D eigenvalue weighted by Gasteiger charge is -2.05. The lowest BCUT2D eigenvalue weighted by molar-refractivity contribution is -0.114. The standard InChI is InChI=1S/C12H11N3O2/c1-9(16)14-11-4-2-3-10(7-11)12(17)15-6-5-13-8-15/h2-8H,1H3,(H,14,16). The van der Waals surface area contributed by atoms with E-state index < -0.39 is 0 Å². The van der Waals surface area contributed by atoms with Crippen LogP contribution in [0.15, 0.2) is 43.0 Å². The number of nitrogens with zero attached hydrogens (tertiary/aromatic N) is 2. The van der Waals surface area contributed by atoms with Crippen LogP contribution in [0.2, 0.25) is 0 Å². The van der Waals surface area contributed by atoms with E-state index in [9.17, 15) is 9.59 Å². The Morgan fingerprint density at radius 2 is 2.18 bits per heavy atom. The molecule has 0 saturated carbocycles. The summed E-state index contributed by atoms with van der Waals surface area (Å²) in [6.07, 6.45) is 4.55. The molecule has 0 aliphatic heterocycles. The summed E-state index contributed by atoms with van der Waals surface area (Å²) in [6, 6.07) is 6.76. The second-order valence-corrected chi connectivity index (χ2v) is 3.54. The van der Waals surface area contributed by atoms with Gasteiger partial charge in [0.1, 0.15) is 6.33 Å². The maximum absolute atomic E-state index is 12.0. The van der Waals surface area contributed by atoms with Crippen LogP contribution in [0.4, 0.5) is 5.69 Å². The first-order chi connectivity index (χ1) is 8.16. The lowest BCUT2D eigenvalue weighted by atomic mass is 10.2. The number of aromatic nitrogens is 2. The fourth-order valence-electron chi connectivity index (χ4n) is 1.46. The highest BCUT2D eigenvalue weighted by Crippen LogP contribution is 2.11. The molecule has 0 spiro atoms. The zero-order valence-corrected chi connectivity index (χ0v) is 9.25. The van der Waals surface area contributed by atoms with Gasteiger partial charge in [0.05, 0.1) is 0 Å². The Hall–Kier alpha value is -2.43. The van der Waals surface area contributed by atoms with Crippen molar-refractivity contribution in [1.29, 1.82) is 0 Å². The summed E-state index contributed by atoms with van der Waals surface area (Å²) >= 11 is 0. The SMILES string of the molecule is CC(=O)Nc1cccc(C(=O)n2ccnc2)c1. The van der Waals surface area contributed by atoms with Gasteiger partial charge in [-0.05, 0) is 18.2 Å². The maximum Gasteiger partial charge on any atom is 0.263 e. The molecule has 0 atom stereocenters. The molecule has 1 amide bonds. The Balaban J connectivity index is 2.27. The van der Waals surface area contributed by atoms with Gasteiger partial charge in [-0.3, -0.25) is 14.2 Å². The number of nitrogens with one attached hydrogen (secondary N) is 1. The minimum atomic E-state index is -0.185. The van der Waals surface area contributed by atoms with E-state index in [1.54, 1.807) is 30.5 Å². The molecule has 1 aromatic heterocycles. The van der Waals surface area contributed by atoms with Crippen LogP contribution in [0, 0.1) is 0 Å². The van der Waals surface area contributed by atoms with E-state index in [1.165, 1.54) is 24.0 Å². The minimum Gasteiger partial charge on any atom is -0.326 e. The van der Waals surface area contributed by atoms with Gasteiger partial charge in [-0.1, -0.05) is 6.07 Å². The zero-order chi connectivity index (χ0) is 12.3. The van der Waals surface area contributed by atoms with Gasteiger partial charge >= 0.3 is 0 Å². The average molecular weight is 229 g/mol. The molecule has 2 rings (SSSR count). The maximum atomic E-state index is 12.0. The van der Waals surface area contributed by atoms with Crippen molar-refractivity contribution in [3.63, 3.8) is 0 Å². The molecule has 0 aliphatic rings. The van der Waals surface area contributed by atoms with Gasteiger partial charge in [-0.2, -0.15) is 0 Å². The summed E-state index contributed by atoms with van der Waals surface area (Å²) in [5.74, 6) is -0.355. The third-order valence-corrected chi connectivity index (χ3v) is 2.17. The zero-order valence-electron chi connectivity index (χ0n) is 9.25. The first kappa shape index (κ1) is 11.1. The highest BCUT2D eigenvalue weighted by molar-refractivity contribution is 5.97. The fraction of sp³-hybridized carbons (Fsp3) is 0.0833. The van der Waals surface area contributed by atoms with Crippen molar-refractivity contribution in [1.82, 2.24) is 9.55 Å². The van der Waals surface area contributed by atoms with E-state index in [1.807, 2.05) is 0 Å². The molecule has 2 aromatic rings. The van der Waals surface area contributed by atoms with E-state index in [-0.39, 0.29) is 11.8 Å². The molecule has 17 heavy (non-hydrogen) atoms. The molecule has 1 N–H and O–H groups in total. The first-order valence-corrected chi connectivity index (χ1v) is 5.07. The summed E-state index contributed by atoms with van der Waals surface area (Å²) in [4.78, 5) is 26.7. The summed E-state index contributed by atoms with van der Waals surface area (Å²) in [7, 11) is 0. The molecular weight excluding hydrogens is 218 g/mol. The molecule has 0 aliphatic carbocycles. The van der Waals surface area contributed by atoms with Gasteiger partial charge in [-0.25, -0.2) is 4.98 Å². The second-order valence-electron chi connectivity index (χ2n) is 3.54. The molecule has 86 valence electrons. The molecule has 0 unspecified atom stereocenters. The van der Waals surface area contributed by atoms with Crippen LogP contribution in [0.25, 0.3) is 0 Å². The van der Waals surface area contributed by atoms with Crippen LogP contribution < -0.4 is 5.32 Å². The van der Waals surface area contributed by atoms with E-state index in [2.05, 4.69) is 10.3 Å². The quantitative estimate of drug-likeness (QED) is 0.849. The predicted octanol–water partition coefficient (Wildman–Crippen LogP) is 1.53. The van der Waals surface area contributed by atoms with Crippen LogP contribution in [0.1, 0.15) is 17.3 Å². The van der Waals surface area contributed by atoms with Crippen molar-refractivity contribution >= 4 is 17.5 Å². The van der Waals surface area contributed by atoms with Crippen molar-refractivity contribution < 1.29 is 9.59 Å². The Labute approximate surface area is 98.1 Å². The topological polar surface area (TPSA) is 64.0 Å². The predicted molar refractivity (Wildman–Crippen MR) is 62.7 cm³/mol. The van der Waals surface area contributed by atoms with Crippen molar-refractivity contribution in [2.24, 2.45) is 0 Å². The number of anilines is 1. The number of amides is 1. The van der Waals surface area contributed by atoms with Crippen molar-refractivity contribution in [2.75, 3.05) is 5.32 Å². The van der Waals surface area contributed by atoms with Crippen LogP contribution >= 0.6 is 0 Å². The van der Waals surface area contributed by atoms with E-state index in [0.29, 0.717) is 11.3 Å². The number of rotatable bonds is 2. The number of hydrogen-bond donors (Lipinski definition) is 1. The van der Waals surface area contributed by atoms with Crippen LogP contribution in [-0.2, 0) is 4.79 Å². The van der Waals surface area contributed by atoms with Crippen LogP contribution in [-0.4, -0.2) is 21.4 Å². The summed E-state index contributed by atoms with van der Waals surface area (Å²) in [5, 5.41) is 2.63. The van der Waals surface area contributed by atoms with Crippen LogP contribution in [0.3, 0.4) is 0 Å². The van der Waals surface area contributed by atoms with Crippen LogP contribution in [0.5, 0.6) is 0 Å². The molecule has 1 aromatic carbocycles. The largest absolute Gasteiger partial charge is 0.326 e. The van der Waals surface area contributed by atoms with E-state index in [0.717, 1.165) is 0 Å². The van der Waals surface area contributed by atoms with Gasteiger partial charge in [0, 0.05) is 30.6 Å². The molecule has 0 bridgehead atoms. The summed E-state index contributed by atoms with van der Waals surface area (Å²) in [5.41, 5.74) is 1.10. The third-order valence-electron chi connectivity index (χ3n) is 2.17.